The molecule has 2 heterocycles. The zero-order valence-corrected chi connectivity index (χ0v) is 12.3. The maximum absolute atomic E-state index is 14.8. The van der Waals surface area contributed by atoms with E-state index in [9.17, 15) is 14.3 Å². The van der Waals surface area contributed by atoms with Crippen molar-refractivity contribution in [3.63, 3.8) is 0 Å². The fourth-order valence-corrected chi connectivity index (χ4v) is 3.24. The average molecular weight is 309 g/mol. The molecule has 5 nitrogen and oxygen atoms in total. The molecule has 0 aliphatic carbocycles. The minimum atomic E-state index is -0.496. The van der Waals surface area contributed by atoms with Gasteiger partial charge in [-0.05, 0) is 24.1 Å². The van der Waals surface area contributed by atoms with Gasteiger partial charge in [-0.3, -0.25) is 13.8 Å². The van der Waals surface area contributed by atoms with Gasteiger partial charge in [-0.15, -0.1) is 0 Å². The molecular formula is C14H16FN3O2S. The first kappa shape index (κ1) is 14.2. The van der Waals surface area contributed by atoms with Crippen LogP contribution in [0.25, 0.3) is 5.57 Å². The molecule has 21 heavy (non-hydrogen) atoms. The Morgan fingerprint density at radius 1 is 1.52 bits per heavy atom. The second kappa shape index (κ2) is 5.57. The second-order valence-corrected chi connectivity index (χ2v) is 5.86. The molecule has 3 rings (SSSR count). The Morgan fingerprint density at radius 2 is 2.33 bits per heavy atom. The highest BCUT2D eigenvalue weighted by Crippen LogP contribution is 2.39. The van der Waals surface area contributed by atoms with E-state index in [1.54, 1.807) is 6.07 Å². The Bertz CT molecular complexity index is 620. The number of nitrogens with zero attached hydrogens (tertiary/aromatic N) is 1. The number of halogens is 1. The molecule has 2 aliphatic heterocycles. The maximum atomic E-state index is 14.8. The van der Waals surface area contributed by atoms with Crippen LogP contribution >= 0.6 is 12.1 Å². The van der Waals surface area contributed by atoms with Crippen LogP contribution in [0, 0.1) is 5.82 Å². The summed E-state index contributed by atoms with van der Waals surface area (Å²) in [6, 6.07) is 3.30. The van der Waals surface area contributed by atoms with Gasteiger partial charge in [-0.1, -0.05) is 13.0 Å². The summed E-state index contributed by atoms with van der Waals surface area (Å²) >= 11 is 0.987. The largest absolute Gasteiger partial charge is 0.506 e. The van der Waals surface area contributed by atoms with Crippen LogP contribution in [-0.2, 0) is 4.79 Å². The zero-order valence-electron chi connectivity index (χ0n) is 11.5. The number of hydrogen-bond donors (Lipinski definition) is 3. The molecule has 0 radical (unpaired) electrons. The van der Waals surface area contributed by atoms with Crippen LogP contribution in [0.5, 0.6) is 5.75 Å². The van der Waals surface area contributed by atoms with Gasteiger partial charge in [0.25, 0.3) is 5.91 Å². The van der Waals surface area contributed by atoms with E-state index in [1.807, 2.05) is 6.08 Å². The number of anilines is 1. The van der Waals surface area contributed by atoms with Crippen molar-refractivity contribution in [2.45, 2.75) is 19.4 Å². The van der Waals surface area contributed by atoms with Crippen molar-refractivity contribution in [2.24, 2.45) is 0 Å². The topological polar surface area (TPSA) is 64.6 Å². The van der Waals surface area contributed by atoms with Gasteiger partial charge in [-0.2, -0.15) is 0 Å². The highest BCUT2D eigenvalue weighted by atomic mass is 32.2. The van der Waals surface area contributed by atoms with Crippen molar-refractivity contribution >= 4 is 29.3 Å². The molecule has 0 saturated carbocycles. The maximum Gasteiger partial charge on any atom is 0.251 e. The minimum Gasteiger partial charge on any atom is -0.506 e. The molecule has 3 N–H and O–H groups in total. The van der Waals surface area contributed by atoms with E-state index in [0.29, 0.717) is 12.1 Å². The Morgan fingerprint density at radius 3 is 2.95 bits per heavy atom. The van der Waals surface area contributed by atoms with Gasteiger partial charge in [0.1, 0.15) is 18.0 Å². The molecule has 0 spiro atoms. The number of benzene rings is 1. The van der Waals surface area contributed by atoms with Crippen LogP contribution in [0.1, 0.15) is 18.9 Å². The Labute approximate surface area is 126 Å². The van der Waals surface area contributed by atoms with E-state index >= 15 is 0 Å². The first-order valence-corrected chi connectivity index (χ1v) is 7.56. The molecule has 7 heteroatoms. The predicted octanol–water partition coefficient (Wildman–Crippen LogP) is 1.80. The van der Waals surface area contributed by atoms with Crippen molar-refractivity contribution in [3.05, 3.63) is 29.6 Å². The van der Waals surface area contributed by atoms with Gasteiger partial charge in [0.2, 0.25) is 0 Å². The lowest BCUT2D eigenvalue weighted by Gasteiger charge is -2.18. The lowest BCUT2D eigenvalue weighted by Crippen LogP contribution is -2.21. The second-order valence-electron chi connectivity index (χ2n) is 5.04. The van der Waals surface area contributed by atoms with Gasteiger partial charge in [0, 0.05) is 18.2 Å². The first-order chi connectivity index (χ1) is 10.1. The molecule has 0 bridgehead atoms. The number of nitrogens with one attached hydrogen (secondary N) is 2. The predicted molar refractivity (Wildman–Crippen MR) is 81.2 cm³/mol. The number of phenolic OH excluding ortho intramolecular Hbond substituents is 1. The number of phenols is 1. The summed E-state index contributed by atoms with van der Waals surface area (Å²) in [5.41, 5.74) is 1.40. The monoisotopic (exact) mass is 309 g/mol. The van der Waals surface area contributed by atoms with E-state index in [4.69, 9.17) is 0 Å². The van der Waals surface area contributed by atoms with E-state index in [1.165, 1.54) is 10.4 Å². The molecule has 1 fully saturated rings. The van der Waals surface area contributed by atoms with Crippen LogP contribution in [-0.4, -0.2) is 30.1 Å². The fraction of sp³-hybridized carbons (Fsp3) is 0.357. The van der Waals surface area contributed by atoms with E-state index < -0.39 is 5.82 Å². The summed E-state index contributed by atoms with van der Waals surface area (Å²) in [7, 11) is 0. The zero-order chi connectivity index (χ0) is 15.0. The number of carbonyl (C=O) groups excluding carboxylic acids is 1. The Balaban J connectivity index is 1.99. The Hall–Kier alpha value is -1.73. The van der Waals surface area contributed by atoms with Gasteiger partial charge >= 0.3 is 0 Å². The highest BCUT2D eigenvalue weighted by Gasteiger charge is 2.28. The molecule has 1 aromatic carbocycles. The number of carbonyl (C=O) groups is 1. The summed E-state index contributed by atoms with van der Waals surface area (Å²) in [4.78, 5) is 11.3. The van der Waals surface area contributed by atoms with E-state index in [2.05, 4.69) is 17.0 Å². The summed E-state index contributed by atoms with van der Waals surface area (Å²) in [5, 5.41) is 13.2. The third kappa shape index (κ3) is 2.58. The van der Waals surface area contributed by atoms with E-state index in [0.717, 1.165) is 24.1 Å². The minimum absolute atomic E-state index is 0.0213. The number of aromatic hydroxyl groups is 1. The average Bonchev–Trinajstić information content (AvgIpc) is 3.08. The quantitative estimate of drug-likeness (QED) is 0.743. The number of rotatable bonds is 3. The SMILES string of the molecule is CC[C@@H]1C=C(c2ccc(O)c(N3CC(=O)NS3)c2F)CN1. The molecule has 1 aromatic rings. The van der Waals surface area contributed by atoms with Crippen molar-refractivity contribution in [1.82, 2.24) is 10.0 Å². The van der Waals surface area contributed by atoms with Crippen molar-refractivity contribution in [2.75, 3.05) is 17.4 Å². The van der Waals surface area contributed by atoms with Gasteiger partial charge in [0.15, 0.2) is 5.82 Å². The number of amides is 1. The first-order valence-electron chi connectivity index (χ1n) is 6.79. The standard InChI is InChI=1S/C14H16FN3O2S/c1-2-9-5-8(6-16-9)10-3-4-11(19)14(13(10)15)18-7-12(20)17-21-18/h3-5,9,16,19H,2,6-7H2,1H3,(H,17,20)/t9-/m1/s1. The fourth-order valence-electron chi connectivity index (χ4n) is 2.51. The molecule has 1 amide bonds. The van der Waals surface area contributed by atoms with Gasteiger partial charge in [-0.25, -0.2) is 4.39 Å². The molecule has 2 aliphatic rings. The van der Waals surface area contributed by atoms with Crippen LogP contribution in [0.15, 0.2) is 18.2 Å². The molecular weight excluding hydrogens is 293 g/mol. The molecule has 1 saturated heterocycles. The smallest absolute Gasteiger partial charge is 0.251 e. The third-order valence-electron chi connectivity index (χ3n) is 3.64. The van der Waals surface area contributed by atoms with Crippen LogP contribution in [0.3, 0.4) is 0 Å². The lowest BCUT2D eigenvalue weighted by molar-refractivity contribution is -0.117. The van der Waals surface area contributed by atoms with Crippen molar-refractivity contribution in [3.8, 4) is 5.75 Å². The lowest BCUT2D eigenvalue weighted by atomic mass is 10.0. The van der Waals surface area contributed by atoms with Crippen LogP contribution in [0.4, 0.5) is 10.1 Å². The van der Waals surface area contributed by atoms with Crippen LogP contribution < -0.4 is 14.3 Å². The molecule has 0 unspecified atom stereocenters. The van der Waals surface area contributed by atoms with Gasteiger partial charge in [0.05, 0.1) is 12.1 Å². The van der Waals surface area contributed by atoms with Crippen molar-refractivity contribution < 1.29 is 14.3 Å². The third-order valence-corrected chi connectivity index (χ3v) is 4.50. The Kier molecular flexibility index (Phi) is 3.77. The summed E-state index contributed by atoms with van der Waals surface area (Å²) < 4.78 is 18.7. The molecule has 112 valence electrons. The normalized spacial score (nSPS) is 21.6. The summed E-state index contributed by atoms with van der Waals surface area (Å²) in [6.07, 6.45) is 2.95. The van der Waals surface area contributed by atoms with Gasteiger partial charge < -0.3 is 10.4 Å². The summed E-state index contributed by atoms with van der Waals surface area (Å²) in [5.74, 6) is -0.875. The highest BCUT2D eigenvalue weighted by molar-refractivity contribution is 7.99. The number of hydrogen-bond acceptors (Lipinski definition) is 5. The van der Waals surface area contributed by atoms with Crippen molar-refractivity contribution in [1.29, 1.82) is 0 Å². The van der Waals surface area contributed by atoms with E-state index in [-0.39, 0.29) is 29.9 Å². The molecule has 1 atom stereocenters. The van der Waals surface area contributed by atoms with Crippen LogP contribution in [0.2, 0.25) is 0 Å². The summed E-state index contributed by atoms with van der Waals surface area (Å²) in [6.45, 7) is 2.69. The molecule has 0 aromatic heterocycles.